The van der Waals surface area contributed by atoms with Crippen LogP contribution < -0.4 is 10.9 Å². The van der Waals surface area contributed by atoms with Crippen molar-refractivity contribution in [1.29, 1.82) is 0 Å². The summed E-state index contributed by atoms with van der Waals surface area (Å²) in [6.07, 6.45) is -3.84. The lowest BCUT2D eigenvalue weighted by molar-refractivity contribution is -0.245. The Morgan fingerprint density at radius 2 is 1.96 bits per heavy atom. The molecule has 1 aromatic carbocycles. The van der Waals surface area contributed by atoms with E-state index in [4.69, 9.17) is 14.3 Å². The van der Waals surface area contributed by atoms with Crippen LogP contribution in [0.15, 0.2) is 40.1 Å². The van der Waals surface area contributed by atoms with Crippen LogP contribution in [0, 0.1) is 0 Å². The van der Waals surface area contributed by atoms with Crippen molar-refractivity contribution in [3.63, 3.8) is 0 Å². The molecule has 1 aliphatic heterocycles. The van der Waals surface area contributed by atoms with E-state index in [-0.39, 0.29) is 0 Å². The van der Waals surface area contributed by atoms with E-state index < -0.39 is 42.9 Å². The maximum atomic E-state index is 11.8. The molecule has 1 saturated heterocycles. The van der Waals surface area contributed by atoms with E-state index >= 15 is 0 Å². The number of fused-ring (bicyclic) bond motifs is 1. The summed E-state index contributed by atoms with van der Waals surface area (Å²) < 4.78 is 10.3. The first-order valence-electron chi connectivity index (χ1n) is 7.72. The molecule has 8 nitrogen and oxygen atoms in total. The van der Waals surface area contributed by atoms with Crippen LogP contribution in [0.1, 0.15) is 5.56 Å². The smallest absolute Gasteiger partial charge is 0.343 e. The molecule has 2 aromatic rings. The first kappa shape index (κ1) is 17.6. The highest BCUT2D eigenvalue weighted by Gasteiger charge is 2.43. The summed E-state index contributed by atoms with van der Waals surface area (Å²) in [5.41, 5.74) is 0.582. The SMILES string of the molecule is C=Cc1cc2ccc(NC3C(O)OC(CO)[C@@H](O)[C@@H]3O)cc2oc1=O. The van der Waals surface area contributed by atoms with E-state index in [1.165, 1.54) is 12.1 Å². The average molecular weight is 349 g/mol. The van der Waals surface area contributed by atoms with E-state index in [0.29, 0.717) is 22.2 Å². The van der Waals surface area contributed by atoms with Gasteiger partial charge in [-0.3, -0.25) is 0 Å². The number of benzene rings is 1. The van der Waals surface area contributed by atoms with Gasteiger partial charge in [0, 0.05) is 17.1 Å². The minimum Gasteiger partial charge on any atom is -0.422 e. The summed E-state index contributed by atoms with van der Waals surface area (Å²) in [5.74, 6) is 0. The Bertz CT molecular complexity index is 833. The van der Waals surface area contributed by atoms with Gasteiger partial charge in [-0.15, -0.1) is 0 Å². The van der Waals surface area contributed by atoms with Gasteiger partial charge in [-0.25, -0.2) is 4.79 Å². The number of anilines is 1. The van der Waals surface area contributed by atoms with Gasteiger partial charge in [-0.05, 0) is 18.2 Å². The average Bonchev–Trinajstić information content (AvgIpc) is 2.61. The summed E-state index contributed by atoms with van der Waals surface area (Å²) in [5, 5.41) is 42.7. The normalized spacial score (nSPS) is 29.5. The first-order valence-corrected chi connectivity index (χ1v) is 7.72. The quantitative estimate of drug-likeness (QED) is 0.473. The number of hydrogen-bond donors (Lipinski definition) is 5. The predicted octanol–water partition coefficient (Wildman–Crippen LogP) is -0.352. The van der Waals surface area contributed by atoms with Crippen LogP contribution in [0.4, 0.5) is 5.69 Å². The van der Waals surface area contributed by atoms with Gasteiger partial charge < -0.3 is 34.9 Å². The molecule has 0 aliphatic carbocycles. The van der Waals surface area contributed by atoms with Crippen LogP contribution in [-0.4, -0.2) is 57.7 Å². The second kappa shape index (κ2) is 6.95. The zero-order valence-electron chi connectivity index (χ0n) is 13.2. The number of hydrogen-bond acceptors (Lipinski definition) is 8. The maximum absolute atomic E-state index is 11.8. The molecule has 0 spiro atoms. The number of aliphatic hydroxyl groups excluding tert-OH is 4. The van der Waals surface area contributed by atoms with E-state index in [1.54, 1.807) is 18.2 Å². The second-order valence-electron chi connectivity index (χ2n) is 5.84. The van der Waals surface area contributed by atoms with E-state index in [1.807, 2.05) is 0 Å². The molecule has 0 radical (unpaired) electrons. The largest absolute Gasteiger partial charge is 0.422 e. The van der Waals surface area contributed by atoms with Gasteiger partial charge in [0.2, 0.25) is 0 Å². The number of nitrogens with one attached hydrogen (secondary N) is 1. The molecule has 25 heavy (non-hydrogen) atoms. The summed E-state index contributed by atoms with van der Waals surface area (Å²) >= 11 is 0. The van der Waals surface area contributed by atoms with Crippen LogP contribution >= 0.6 is 0 Å². The topological polar surface area (TPSA) is 132 Å². The molecule has 8 heteroatoms. The van der Waals surface area contributed by atoms with E-state index in [2.05, 4.69) is 11.9 Å². The van der Waals surface area contributed by atoms with Crippen molar-refractivity contribution in [2.24, 2.45) is 0 Å². The minimum absolute atomic E-state index is 0.315. The molecule has 5 atom stereocenters. The molecular weight excluding hydrogens is 330 g/mol. The Labute approximate surface area is 142 Å². The number of aliphatic hydroxyl groups is 4. The maximum Gasteiger partial charge on any atom is 0.343 e. The summed E-state index contributed by atoms with van der Waals surface area (Å²) in [4.78, 5) is 11.8. The Balaban J connectivity index is 1.87. The summed E-state index contributed by atoms with van der Waals surface area (Å²) in [6.45, 7) is 3.01. The molecule has 5 N–H and O–H groups in total. The fourth-order valence-corrected chi connectivity index (χ4v) is 2.80. The van der Waals surface area contributed by atoms with Crippen LogP contribution in [0.2, 0.25) is 0 Å². The van der Waals surface area contributed by atoms with E-state index in [0.717, 1.165) is 0 Å². The van der Waals surface area contributed by atoms with Gasteiger partial charge in [-0.2, -0.15) is 0 Å². The summed E-state index contributed by atoms with van der Waals surface area (Å²) in [7, 11) is 0. The van der Waals surface area contributed by atoms with Crippen LogP contribution in [0.5, 0.6) is 0 Å². The zero-order valence-corrected chi connectivity index (χ0v) is 13.2. The lowest BCUT2D eigenvalue weighted by atomic mass is 9.97. The van der Waals surface area contributed by atoms with Crippen molar-refractivity contribution >= 4 is 22.7 Å². The number of ether oxygens (including phenoxy) is 1. The van der Waals surface area contributed by atoms with Gasteiger partial charge in [0.25, 0.3) is 0 Å². The van der Waals surface area contributed by atoms with Crippen LogP contribution in [0.25, 0.3) is 17.0 Å². The van der Waals surface area contributed by atoms with Gasteiger partial charge in [0.15, 0.2) is 6.29 Å². The Morgan fingerprint density at radius 1 is 1.20 bits per heavy atom. The second-order valence-corrected chi connectivity index (χ2v) is 5.84. The third-order valence-electron chi connectivity index (χ3n) is 4.22. The molecule has 0 saturated carbocycles. The molecule has 2 heterocycles. The minimum atomic E-state index is -1.44. The van der Waals surface area contributed by atoms with Crippen molar-refractivity contribution in [2.45, 2.75) is 30.6 Å². The molecular formula is C17H19NO7. The highest BCUT2D eigenvalue weighted by atomic mass is 16.6. The van der Waals surface area contributed by atoms with Crippen molar-refractivity contribution in [3.8, 4) is 0 Å². The molecule has 3 rings (SSSR count). The molecule has 1 fully saturated rings. The predicted molar refractivity (Wildman–Crippen MR) is 90.0 cm³/mol. The van der Waals surface area contributed by atoms with Crippen molar-refractivity contribution in [1.82, 2.24) is 0 Å². The Morgan fingerprint density at radius 3 is 2.64 bits per heavy atom. The molecule has 1 aromatic heterocycles. The molecule has 0 amide bonds. The summed E-state index contributed by atoms with van der Waals surface area (Å²) in [6, 6.07) is 5.51. The molecule has 1 aliphatic rings. The van der Waals surface area contributed by atoms with Crippen LogP contribution in [-0.2, 0) is 4.74 Å². The molecule has 134 valence electrons. The van der Waals surface area contributed by atoms with Crippen molar-refractivity contribution in [3.05, 3.63) is 46.8 Å². The monoisotopic (exact) mass is 349 g/mol. The third kappa shape index (κ3) is 3.30. The molecule has 3 unspecified atom stereocenters. The highest BCUT2D eigenvalue weighted by Crippen LogP contribution is 2.25. The van der Waals surface area contributed by atoms with Gasteiger partial charge in [0.05, 0.1) is 12.2 Å². The molecule has 0 bridgehead atoms. The fourth-order valence-electron chi connectivity index (χ4n) is 2.80. The van der Waals surface area contributed by atoms with E-state index in [9.17, 15) is 20.1 Å². The zero-order chi connectivity index (χ0) is 18.1. The van der Waals surface area contributed by atoms with Gasteiger partial charge in [-0.1, -0.05) is 12.7 Å². The Hall–Kier alpha value is -2.23. The van der Waals surface area contributed by atoms with Crippen molar-refractivity contribution in [2.75, 3.05) is 11.9 Å². The van der Waals surface area contributed by atoms with Crippen molar-refractivity contribution < 1.29 is 29.6 Å². The highest BCUT2D eigenvalue weighted by molar-refractivity contribution is 5.82. The lowest BCUT2D eigenvalue weighted by Gasteiger charge is -2.40. The number of rotatable bonds is 4. The van der Waals surface area contributed by atoms with Gasteiger partial charge in [0.1, 0.15) is 29.9 Å². The fraction of sp³-hybridized carbons (Fsp3) is 0.353. The van der Waals surface area contributed by atoms with Crippen LogP contribution in [0.3, 0.4) is 0 Å². The lowest BCUT2D eigenvalue weighted by Crippen LogP contribution is -2.61. The Kier molecular flexibility index (Phi) is 4.89. The van der Waals surface area contributed by atoms with Gasteiger partial charge >= 0.3 is 5.63 Å². The standard InChI is InChI=1S/C17H19NO7/c1-2-8-5-9-3-4-10(6-11(9)24-16(8)22)18-13-15(21)14(20)12(7-19)25-17(13)23/h2-6,12-15,17-21,23H,1,7H2/t12?,13?,14-,15-,17?/m1/s1. The first-order chi connectivity index (χ1) is 11.9. The third-order valence-corrected chi connectivity index (χ3v) is 4.22.